The van der Waals surface area contributed by atoms with E-state index in [0.29, 0.717) is 17.5 Å². The van der Waals surface area contributed by atoms with Crippen molar-refractivity contribution in [3.63, 3.8) is 0 Å². The Labute approximate surface area is 82.5 Å². The summed E-state index contributed by atoms with van der Waals surface area (Å²) in [6, 6.07) is 5.77. The van der Waals surface area contributed by atoms with Crippen molar-refractivity contribution in [1.82, 2.24) is 0 Å². The zero-order valence-electron chi connectivity index (χ0n) is 7.70. The SMILES string of the molecule is C=CC[C@H](N)c1ccc(C#N)cc1F. The van der Waals surface area contributed by atoms with Crippen molar-refractivity contribution >= 4 is 0 Å². The second-order valence-electron chi connectivity index (χ2n) is 2.98. The Bertz CT molecular complexity index is 379. The van der Waals surface area contributed by atoms with Gasteiger partial charge in [-0.2, -0.15) is 5.26 Å². The van der Waals surface area contributed by atoms with Crippen molar-refractivity contribution in [2.45, 2.75) is 12.5 Å². The van der Waals surface area contributed by atoms with E-state index in [-0.39, 0.29) is 6.04 Å². The summed E-state index contributed by atoms with van der Waals surface area (Å²) >= 11 is 0. The lowest BCUT2D eigenvalue weighted by Crippen LogP contribution is -2.11. The van der Waals surface area contributed by atoms with Gasteiger partial charge < -0.3 is 5.73 Å². The molecule has 0 saturated heterocycles. The van der Waals surface area contributed by atoms with Crippen LogP contribution in [0.5, 0.6) is 0 Å². The van der Waals surface area contributed by atoms with Crippen LogP contribution in [0.4, 0.5) is 4.39 Å². The fourth-order valence-electron chi connectivity index (χ4n) is 1.20. The highest BCUT2D eigenvalue weighted by Crippen LogP contribution is 2.19. The summed E-state index contributed by atoms with van der Waals surface area (Å²) in [5, 5.41) is 8.53. The molecule has 1 atom stereocenters. The molecule has 1 aromatic carbocycles. The highest BCUT2D eigenvalue weighted by molar-refractivity contribution is 5.34. The normalized spacial score (nSPS) is 11.8. The van der Waals surface area contributed by atoms with E-state index in [0.717, 1.165) is 0 Å². The minimum Gasteiger partial charge on any atom is -0.324 e. The van der Waals surface area contributed by atoms with E-state index in [1.165, 1.54) is 6.07 Å². The lowest BCUT2D eigenvalue weighted by Gasteiger charge is -2.10. The molecule has 0 aromatic heterocycles. The summed E-state index contributed by atoms with van der Waals surface area (Å²) in [5.74, 6) is -0.432. The topological polar surface area (TPSA) is 49.8 Å². The number of nitriles is 1. The predicted molar refractivity (Wildman–Crippen MR) is 52.9 cm³/mol. The molecule has 0 aliphatic heterocycles. The summed E-state index contributed by atoms with van der Waals surface area (Å²) < 4.78 is 13.3. The quantitative estimate of drug-likeness (QED) is 0.743. The molecule has 72 valence electrons. The van der Waals surface area contributed by atoms with E-state index < -0.39 is 5.82 Å². The number of halogens is 1. The summed E-state index contributed by atoms with van der Waals surface area (Å²) in [4.78, 5) is 0. The monoisotopic (exact) mass is 190 g/mol. The van der Waals surface area contributed by atoms with Crippen molar-refractivity contribution < 1.29 is 4.39 Å². The maximum Gasteiger partial charge on any atom is 0.129 e. The Kier molecular flexibility index (Phi) is 3.38. The summed E-state index contributed by atoms with van der Waals surface area (Å²) in [5.41, 5.74) is 6.43. The molecular weight excluding hydrogens is 179 g/mol. The maximum absolute atomic E-state index is 13.3. The van der Waals surface area contributed by atoms with Gasteiger partial charge in [-0.05, 0) is 18.6 Å². The molecule has 0 radical (unpaired) electrons. The number of nitrogens with zero attached hydrogens (tertiary/aromatic N) is 1. The first-order valence-electron chi connectivity index (χ1n) is 4.25. The van der Waals surface area contributed by atoms with Crippen LogP contribution in [0.3, 0.4) is 0 Å². The Morgan fingerprint density at radius 1 is 1.64 bits per heavy atom. The van der Waals surface area contributed by atoms with E-state index >= 15 is 0 Å². The number of nitrogens with two attached hydrogens (primary N) is 1. The van der Waals surface area contributed by atoms with Gasteiger partial charge in [0.15, 0.2) is 0 Å². The minimum atomic E-state index is -0.432. The first-order valence-corrected chi connectivity index (χ1v) is 4.25. The molecule has 0 spiro atoms. The molecule has 0 amide bonds. The van der Waals surface area contributed by atoms with E-state index in [2.05, 4.69) is 6.58 Å². The van der Waals surface area contributed by atoms with Gasteiger partial charge in [0, 0.05) is 11.6 Å². The van der Waals surface area contributed by atoms with Crippen molar-refractivity contribution in [3.8, 4) is 6.07 Å². The van der Waals surface area contributed by atoms with Crippen LogP contribution < -0.4 is 5.73 Å². The zero-order chi connectivity index (χ0) is 10.6. The lowest BCUT2D eigenvalue weighted by molar-refractivity contribution is 0.583. The molecule has 1 aromatic rings. The molecule has 3 heteroatoms. The minimum absolute atomic E-state index is 0.303. The molecule has 0 saturated carbocycles. The number of rotatable bonds is 3. The van der Waals surface area contributed by atoms with Crippen LogP contribution in [-0.4, -0.2) is 0 Å². The number of benzene rings is 1. The summed E-state index contributed by atoms with van der Waals surface area (Å²) in [6.45, 7) is 3.53. The molecule has 0 aliphatic rings. The molecule has 0 aliphatic carbocycles. The van der Waals surface area contributed by atoms with Crippen LogP contribution in [0, 0.1) is 17.1 Å². The molecule has 1 rings (SSSR count). The predicted octanol–water partition coefficient (Wildman–Crippen LogP) is 2.27. The van der Waals surface area contributed by atoms with Gasteiger partial charge in [-0.15, -0.1) is 6.58 Å². The molecule has 0 heterocycles. The van der Waals surface area contributed by atoms with Crippen LogP contribution in [0.1, 0.15) is 23.6 Å². The van der Waals surface area contributed by atoms with Crippen LogP contribution in [0.15, 0.2) is 30.9 Å². The smallest absolute Gasteiger partial charge is 0.129 e. The van der Waals surface area contributed by atoms with Gasteiger partial charge in [-0.1, -0.05) is 12.1 Å². The second-order valence-corrected chi connectivity index (χ2v) is 2.98. The van der Waals surface area contributed by atoms with E-state index in [1.807, 2.05) is 6.07 Å². The van der Waals surface area contributed by atoms with E-state index in [1.54, 1.807) is 18.2 Å². The maximum atomic E-state index is 13.3. The highest BCUT2D eigenvalue weighted by Gasteiger charge is 2.10. The Morgan fingerprint density at radius 2 is 2.36 bits per heavy atom. The van der Waals surface area contributed by atoms with Crippen molar-refractivity contribution in [2.75, 3.05) is 0 Å². The van der Waals surface area contributed by atoms with Crippen molar-refractivity contribution in [2.24, 2.45) is 5.73 Å². The van der Waals surface area contributed by atoms with Gasteiger partial charge in [-0.3, -0.25) is 0 Å². The summed E-state index contributed by atoms with van der Waals surface area (Å²) in [7, 11) is 0. The zero-order valence-corrected chi connectivity index (χ0v) is 7.70. The third-order valence-electron chi connectivity index (χ3n) is 1.95. The molecule has 0 unspecified atom stereocenters. The van der Waals surface area contributed by atoms with Gasteiger partial charge in [0.05, 0.1) is 11.6 Å². The lowest BCUT2D eigenvalue weighted by atomic mass is 10.0. The van der Waals surface area contributed by atoms with Crippen LogP contribution in [-0.2, 0) is 0 Å². The average Bonchev–Trinajstić information content (AvgIpc) is 2.17. The highest BCUT2D eigenvalue weighted by atomic mass is 19.1. The van der Waals surface area contributed by atoms with Crippen molar-refractivity contribution in [3.05, 3.63) is 47.8 Å². The van der Waals surface area contributed by atoms with Crippen LogP contribution >= 0.6 is 0 Å². The second kappa shape index (κ2) is 4.54. The van der Waals surface area contributed by atoms with Crippen LogP contribution in [0.25, 0.3) is 0 Å². The number of hydrogen-bond acceptors (Lipinski definition) is 2. The number of hydrogen-bond donors (Lipinski definition) is 1. The average molecular weight is 190 g/mol. The standard InChI is InChI=1S/C11H11FN2/c1-2-3-11(14)9-5-4-8(7-13)6-10(9)12/h2,4-6,11H,1,3,14H2/t11-/m0/s1. The molecule has 14 heavy (non-hydrogen) atoms. The van der Waals surface area contributed by atoms with Gasteiger partial charge in [0.2, 0.25) is 0 Å². The Morgan fingerprint density at radius 3 is 2.86 bits per heavy atom. The molecular formula is C11H11FN2. The molecule has 0 fully saturated rings. The largest absolute Gasteiger partial charge is 0.324 e. The fraction of sp³-hybridized carbons (Fsp3) is 0.182. The molecule has 0 bridgehead atoms. The van der Waals surface area contributed by atoms with Crippen LogP contribution in [0.2, 0.25) is 0 Å². The van der Waals surface area contributed by atoms with Gasteiger partial charge >= 0.3 is 0 Å². The summed E-state index contributed by atoms with van der Waals surface area (Å²) in [6.07, 6.45) is 2.16. The Hall–Kier alpha value is -1.66. The third kappa shape index (κ3) is 2.18. The van der Waals surface area contributed by atoms with Gasteiger partial charge in [0.25, 0.3) is 0 Å². The first kappa shape index (κ1) is 10.4. The third-order valence-corrected chi connectivity index (χ3v) is 1.95. The fourth-order valence-corrected chi connectivity index (χ4v) is 1.20. The van der Waals surface area contributed by atoms with Crippen molar-refractivity contribution in [1.29, 1.82) is 5.26 Å². The molecule has 2 nitrogen and oxygen atoms in total. The Balaban J connectivity index is 3.00. The first-order chi connectivity index (χ1) is 6.69. The van der Waals surface area contributed by atoms with E-state index in [9.17, 15) is 4.39 Å². The molecule has 2 N–H and O–H groups in total. The van der Waals surface area contributed by atoms with Gasteiger partial charge in [-0.25, -0.2) is 4.39 Å². The van der Waals surface area contributed by atoms with Gasteiger partial charge in [0.1, 0.15) is 5.82 Å². The van der Waals surface area contributed by atoms with E-state index in [4.69, 9.17) is 11.0 Å².